The molecule has 0 aliphatic carbocycles. The van der Waals surface area contributed by atoms with Crippen LogP contribution in [0.15, 0.2) is 40.1 Å². The summed E-state index contributed by atoms with van der Waals surface area (Å²) < 4.78 is 30.9. The smallest absolute Gasteiger partial charge is 0.288 e. The van der Waals surface area contributed by atoms with Crippen LogP contribution in [0.2, 0.25) is 0 Å². The first-order valence-electron chi connectivity index (χ1n) is 6.39. The average molecular weight is 304 g/mol. The number of aromatic nitrogens is 2. The van der Waals surface area contributed by atoms with Gasteiger partial charge in [-0.25, -0.2) is 13.6 Å². The Hall–Kier alpha value is -2.08. The van der Waals surface area contributed by atoms with Gasteiger partial charge in [-0.15, -0.1) is 0 Å². The first-order valence-corrected chi connectivity index (χ1v) is 7.71. The van der Waals surface area contributed by atoms with Gasteiger partial charge in [0, 0.05) is 12.3 Å². The fourth-order valence-electron chi connectivity index (χ4n) is 2.06. The van der Waals surface area contributed by atoms with E-state index in [4.69, 9.17) is 4.42 Å². The molecule has 0 N–H and O–H groups in total. The number of hydrogen-bond acceptors (Lipinski definition) is 4. The van der Waals surface area contributed by atoms with E-state index >= 15 is 0 Å². The summed E-state index contributed by atoms with van der Waals surface area (Å²) in [7, 11) is -1.45. The number of hydrogen-bond donors (Lipinski definition) is 0. The van der Waals surface area contributed by atoms with Crippen molar-refractivity contribution in [2.24, 2.45) is 0 Å². The number of benzene rings is 1. The zero-order valence-electron chi connectivity index (χ0n) is 11.6. The molecule has 1 aromatic carbocycles. The molecule has 3 rings (SSSR count). The zero-order chi connectivity index (χ0) is 15.0. The molecule has 0 saturated heterocycles. The van der Waals surface area contributed by atoms with E-state index in [1.54, 1.807) is 6.20 Å². The fourth-order valence-corrected chi connectivity index (χ4v) is 3.11. The molecule has 0 fully saturated rings. The number of rotatable bonds is 3. The monoisotopic (exact) mass is 304 g/mol. The summed E-state index contributed by atoms with van der Waals surface area (Å²) in [6, 6.07) is 6.01. The van der Waals surface area contributed by atoms with Crippen molar-refractivity contribution in [1.29, 1.82) is 0 Å². The number of aryl methyl sites for hydroxylation is 2. The van der Waals surface area contributed by atoms with Crippen molar-refractivity contribution in [2.45, 2.75) is 24.8 Å². The zero-order valence-corrected chi connectivity index (χ0v) is 12.4. The van der Waals surface area contributed by atoms with Crippen molar-refractivity contribution in [1.82, 2.24) is 9.97 Å². The summed E-state index contributed by atoms with van der Waals surface area (Å²) in [6.07, 6.45) is 1.74. The lowest BCUT2D eigenvalue weighted by molar-refractivity contribution is 0.477. The van der Waals surface area contributed by atoms with Crippen molar-refractivity contribution in [3.05, 3.63) is 53.1 Å². The Morgan fingerprint density at radius 1 is 1.29 bits per heavy atom. The van der Waals surface area contributed by atoms with Crippen LogP contribution in [-0.4, -0.2) is 14.2 Å². The molecule has 0 aliphatic heterocycles. The largest absolute Gasteiger partial charge is 0.430 e. The van der Waals surface area contributed by atoms with Crippen LogP contribution in [0.1, 0.15) is 16.8 Å². The molecular formula is C15H13FN2O2S. The van der Waals surface area contributed by atoms with E-state index in [-0.39, 0.29) is 11.0 Å². The van der Waals surface area contributed by atoms with Crippen LogP contribution in [0.25, 0.3) is 11.1 Å². The highest BCUT2D eigenvalue weighted by atomic mass is 32.2. The quantitative estimate of drug-likeness (QED) is 0.745. The van der Waals surface area contributed by atoms with Gasteiger partial charge in [-0.3, -0.25) is 4.98 Å². The van der Waals surface area contributed by atoms with Crippen LogP contribution in [0.5, 0.6) is 0 Å². The third-order valence-electron chi connectivity index (χ3n) is 3.12. The molecule has 0 spiro atoms. The molecule has 0 aliphatic rings. The SMILES string of the molecule is Cc1cnc(CS(=O)c2nc3cc(F)ccc3o2)c(C)c1. The predicted octanol–water partition coefficient (Wildman–Crippen LogP) is 3.29. The van der Waals surface area contributed by atoms with E-state index in [0.717, 1.165) is 16.8 Å². The maximum absolute atomic E-state index is 13.1. The van der Waals surface area contributed by atoms with Crippen LogP contribution in [0.3, 0.4) is 0 Å². The first kappa shape index (κ1) is 13.9. The second-order valence-corrected chi connectivity index (χ2v) is 6.19. The van der Waals surface area contributed by atoms with Gasteiger partial charge < -0.3 is 4.42 Å². The van der Waals surface area contributed by atoms with E-state index in [0.29, 0.717) is 11.1 Å². The maximum Gasteiger partial charge on any atom is 0.288 e. The molecule has 2 heterocycles. The van der Waals surface area contributed by atoms with Gasteiger partial charge in [0.2, 0.25) is 0 Å². The molecule has 4 nitrogen and oxygen atoms in total. The van der Waals surface area contributed by atoms with Crippen molar-refractivity contribution < 1.29 is 13.0 Å². The maximum atomic E-state index is 13.1. The minimum atomic E-state index is -1.45. The summed E-state index contributed by atoms with van der Waals surface area (Å²) in [5, 5.41) is 0.0948. The molecule has 0 saturated carbocycles. The highest BCUT2D eigenvalue weighted by Gasteiger charge is 2.15. The van der Waals surface area contributed by atoms with E-state index in [1.165, 1.54) is 18.2 Å². The minimum Gasteiger partial charge on any atom is -0.430 e. The molecule has 1 unspecified atom stereocenters. The van der Waals surface area contributed by atoms with Crippen LogP contribution in [-0.2, 0) is 16.6 Å². The first-order chi connectivity index (χ1) is 10.0. The second kappa shape index (κ2) is 5.37. The summed E-state index contributed by atoms with van der Waals surface area (Å²) in [5.74, 6) is -0.175. The van der Waals surface area contributed by atoms with E-state index in [2.05, 4.69) is 9.97 Å². The summed E-state index contributed by atoms with van der Waals surface area (Å²) >= 11 is 0. The molecule has 1 atom stereocenters. The highest BCUT2D eigenvalue weighted by molar-refractivity contribution is 7.84. The predicted molar refractivity (Wildman–Crippen MR) is 77.8 cm³/mol. The lowest BCUT2D eigenvalue weighted by Crippen LogP contribution is -2.01. The van der Waals surface area contributed by atoms with Gasteiger partial charge in [0.1, 0.15) is 22.1 Å². The van der Waals surface area contributed by atoms with E-state index in [9.17, 15) is 8.60 Å². The molecule has 3 aromatic rings. The summed E-state index contributed by atoms with van der Waals surface area (Å²) in [4.78, 5) is 8.37. The molecule has 0 bridgehead atoms. The Morgan fingerprint density at radius 2 is 2.10 bits per heavy atom. The topological polar surface area (TPSA) is 56.0 Å². The van der Waals surface area contributed by atoms with Gasteiger partial charge in [0.15, 0.2) is 5.58 Å². The van der Waals surface area contributed by atoms with Crippen molar-refractivity contribution >= 4 is 21.9 Å². The Bertz CT molecular complexity index is 845. The Kier molecular flexibility index (Phi) is 3.55. The number of fused-ring (bicyclic) bond motifs is 1. The third kappa shape index (κ3) is 2.85. The average Bonchev–Trinajstić information content (AvgIpc) is 2.85. The normalized spacial score (nSPS) is 12.7. The third-order valence-corrected chi connectivity index (χ3v) is 4.22. The highest BCUT2D eigenvalue weighted by Crippen LogP contribution is 2.20. The lowest BCUT2D eigenvalue weighted by atomic mass is 10.2. The van der Waals surface area contributed by atoms with E-state index in [1.807, 2.05) is 19.9 Å². The fraction of sp³-hybridized carbons (Fsp3) is 0.200. The van der Waals surface area contributed by atoms with Crippen LogP contribution in [0, 0.1) is 19.7 Å². The Labute approximate surface area is 123 Å². The van der Waals surface area contributed by atoms with Crippen molar-refractivity contribution in [2.75, 3.05) is 0 Å². The number of nitrogens with zero attached hydrogens (tertiary/aromatic N) is 2. The molecule has 0 radical (unpaired) electrons. The molecule has 21 heavy (non-hydrogen) atoms. The molecular weight excluding hydrogens is 291 g/mol. The number of oxazole rings is 1. The van der Waals surface area contributed by atoms with E-state index < -0.39 is 16.6 Å². The van der Waals surface area contributed by atoms with Gasteiger partial charge >= 0.3 is 0 Å². The van der Waals surface area contributed by atoms with Crippen molar-refractivity contribution in [3.8, 4) is 0 Å². The second-order valence-electron chi connectivity index (χ2n) is 4.86. The minimum absolute atomic E-state index is 0.0948. The van der Waals surface area contributed by atoms with Crippen LogP contribution < -0.4 is 0 Å². The molecule has 108 valence electrons. The van der Waals surface area contributed by atoms with Gasteiger partial charge in [0.05, 0.1) is 11.4 Å². The lowest BCUT2D eigenvalue weighted by Gasteiger charge is -2.03. The Morgan fingerprint density at radius 3 is 2.86 bits per heavy atom. The number of pyridine rings is 1. The van der Waals surface area contributed by atoms with Gasteiger partial charge in [-0.2, -0.15) is 0 Å². The van der Waals surface area contributed by atoms with Crippen LogP contribution >= 0.6 is 0 Å². The van der Waals surface area contributed by atoms with Gasteiger partial charge in [0.25, 0.3) is 5.22 Å². The molecule has 2 aromatic heterocycles. The number of halogens is 1. The summed E-state index contributed by atoms with van der Waals surface area (Å²) in [5.41, 5.74) is 3.57. The Balaban J connectivity index is 1.89. The van der Waals surface area contributed by atoms with Gasteiger partial charge in [-0.05, 0) is 37.1 Å². The summed E-state index contributed by atoms with van der Waals surface area (Å²) in [6.45, 7) is 3.88. The molecule has 0 amide bonds. The van der Waals surface area contributed by atoms with Crippen molar-refractivity contribution in [3.63, 3.8) is 0 Å². The van der Waals surface area contributed by atoms with Gasteiger partial charge in [-0.1, -0.05) is 6.07 Å². The standard InChI is InChI=1S/C15H13FN2O2S/c1-9-5-10(2)13(17-7-9)8-21(19)15-18-12-6-11(16)3-4-14(12)20-15/h3-7H,8H2,1-2H3. The molecule has 6 heteroatoms. The van der Waals surface area contributed by atoms with Crippen LogP contribution in [0.4, 0.5) is 4.39 Å².